The number of fused-ring (bicyclic) bond motifs is 1. The first-order valence-electron chi connectivity index (χ1n) is 20.8. The van der Waals surface area contributed by atoms with E-state index in [0.717, 1.165) is 16.3 Å². The molecule has 0 aliphatic carbocycles. The molecule has 5 N–H and O–H groups in total. The zero-order chi connectivity index (χ0) is 46.0. The van der Waals surface area contributed by atoms with Gasteiger partial charge in [0, 0.05) is 22.7 Å². The van der Waals surface area contributed by atoms with Crippen molar-refractivity contribution in [1.29, 1.82) is 0 Å². The number of alkyl halides is 1. The van der Waals surface area contributed by atoms with Crippen LogP contribution in [0.3, 0.4) is 0 Å². The standard InChI is InChI=1S/C45H68IN3O12/c1-42(2,3)59-38(54)22-21-34(40(56)61-44(7,8)9)49-41(57)48-33(39(55)60-43(4,5)6)17-11-10-12-18-36(52)35(24-30-19-20-31-15-13-14-16-32(31)23-30)47-37(53)25-58-29-45(26-46,27-50)28-51/h13-16,19-20,23,33-35,50-51H,10-12,17-18,21-22,24-29H2,1-9H3,(H,47,53)(H2,48,49,57)/t33-,34-,35?/m0/s1. The number of Topliss-reactive ketones (excluding diaryl/α,β-unsaturated/α-hetero) is 1. The van der Waals surface area contributed by atoms with Crippen LogP contribution in [0.1, 0.15) is 113 Å². The van der Waals surface area contributed by atoms with Crippen LogP contribution in [0.15, 0.2) is 42.5 Å². The SMILES string of the molecule is CC(C)(C)OC(=O)CC[C@H](NC(=O)N[C@@H](CCCCCC(=O)C(Cc1ccc2ccccc2c1)NC(=O)COCC(CO)(CO)CI)C(=O)OC(C)(C)C)C(=O)OC(C)(C)C. The van der Waals surface area contributed by atoms with E-state index in [1.54, 1.807) is 62.3 Å². The van der Waals surface area contributed by atoms with Crippen LogP contribution in [0.4, 0.5) is 4.79 Å². The number of carbonyl (C=O) groups is 6. The third-order valence-corrected chi connectivity index (χ3v) is 10.7. The highest BCUT2D eigenvalue weighted by Gasteiger charge is 2.32. The van der Waals surface area contributed by atoms with Crippen molar-refractivity contribution < 1.29 is 57.9 Å². The van der Waals surface area contributed by atoms with Gasteiger partial charge in [-0.1, -0.05) is 77.9 Å². The Morgan fingerprint density at radius 1 is 0.656 bits per heavy atom. The summed E-state index contributed by atoms with van der Waals surface area (Å²) < 4.78 is 22.4. The van der Waals surface area contributed by atoms with Gasteiger partial charge in [0.1, 0.15) is 35.5 Å². The summed E-state index contributed by atoms with van der Waals surface area (Å²) in [4.78, 5) is 78.9. The van der Waals surface area contributed by atoms with Crippen molar-refractivity contribution in [2.24, 2.45) is 5.41 Å². The Labute approximate surface area is 374 Å². The molecular weight excluding hydrogens is 901 g/mol. The fraction of sp³-hybridized carbons (Fsp3) is 0.644. The highest BCUT2D eigenvalue weighted by molar-refractivity contribution is 14.1. The lowest BCUT2D eigenvalue weighted by atomic mass is 9.94. The summed E-state index contributed by atoms with van der Waals surface area (Å²) in [5.74, 6) is -2.71. The Morgan fingerprint density at radius 3 is 1.75 bits per heavy atom. The number of urea groups is 1. The van der Waals surface area contributed by atoms with E-state index in [-0.39, 0.29) is 64.3 Å². The number of esters is 3. The van der Waals surface area contributed by atoms with Crippen LogP contribution in [0, 0.1) is 5.41 Å². The van der Waals surface area contributed by atoms with Crippen LogP contribution in [-0.4, -0.2) is 112 Å². The number of nitrogens with one attached hydrogen (secondary N) is 3. The molecule has 61 heavy (non-hydrogen) atoms. The summed E-state index contributed by atoms with van der Waals surface area (Å²) >= 11 is 2.04. The number of aliphatic hydroxyl groups excluding tert-OH is 2. The summed E-state index contributed by atoms with van der Waals surface area (Å²) in [7, 11) is 0. The number of aliphatic hydroxyl groups is 2. The number of ether oxygens (including phenoxy) is 4. The minimum atomic E-state index is -1.22. The molecule has 0 radical (unpaired) electrons. The van der Waals surface area contributed by atoms with Crippen molar-refractivity contribution in [3.8, 4) is 0 Å². The zero-order valence-electron chi connectivity index (χ0n) is 37.3. The lowest BCUT2D eigenvalue weighted by molar-refractivity contribution is -0.159. The predicted octanol–water partition coefficient (Wildman–Crippen LogP) is 5.65. The van der Waals surface area contributed by atoms with Crippen molar-refractivity contribution in [2.75, 3.05) is 30.9 Å². The number of carbonyl (C=O) groups excluding carboxylic acids is 6. The first-order valence-corrected chi connectivity index (χ1v) is 22.3. The van der Waals surface area contributed by atoms with Crippen molar-refractivity contribution in [3.05, 3.63) is 48.0 Å². The quantitative estimate of drug-likeness (QED) is 0.0284. The average Bonchev–Trinajstić information content (AvgIpc) is 3.15. The van der Waals surface area contributed by atoms with E-state index < -0.39 is 70.2 Å². The number of benzene rings is 2. The van der Waals surface area contributed by atoms with Crippen LogP contribution in [-0.2, 0) is 49.3 Å². The molecule has 3 atom stereocenters. The van der Waals surface area contributed by atoms with Gasteiger partial charge in [-0.15, -0.1) is 0 Å². The summed E-state index contributed by atoms with van der Waals surface area (Å²) in [6.07, 6.45) is 1.55. The van der Waals surface area contributed by atoms with E-state index >= 15 is 0 Å². The van der Waals surface area contributed by atoms with E-state index in [1.807, 2.05) is 65.1 Å². The predicted molar refractivity (Wildman–Crippen MR) is 240 cm³/mol. The molecule has 3 amide bonds. The third-order valence-electron chi connectivity index (χ3n) is 9.04. The molecule has 0 saturated heterocycles. The van der Waals surface area contributed by atoms with Crippen LogP contribution in [0.25, 0.3) is 10.8 Å². The lowest BCUT2D eigenvalue weighted by Gasteiger charge is -2.27. The number of unbranched alkanes of at least 4 members (excludes halogenated alkanes) is 2. The van der Waals surface area contributed by atoms with Crippen LogP contribution in [0.5, 0.6) is 0 Å². The number of hydrogen-bond acceptors (Lipinski definition) is 12. The van der Waals surface area contributed by atoms with E-state index in [2.05, 4.69) is 16.0 Å². The lowest BCUT2D eigenvalue weighted by Crippen LogP contribution is -2.53. The Morgan fingerprint density at radius 2 is 1.21 bits per heavy atom. The van der Waals surface area contributed by atoms with Crippen LogP contribution < -0.4 is 16.0 Å². The number of ketones is 1. The minimum absolute atomic E-state index is 0.0428. The second-order valence-electron chi connectivity index (χ2n) is 18.4. The molecule has 0 spiro atoms. The smallest absolute Gasteiger partial charge is 0.329 e. The first-order chi connectivity index (χ1) is 28.4. The van der Waals surface area contributed by atoms with Gasteiger partial charge in [0.15, 0.2) is 5.78 Å². The molecule has 0 aliphatic heterocycles. The molecule has 16 heteroatoms. The van der Waals surface area contributed by atoms with E-state index in [4.69, 9.17) is 18.9 Å². The van der Waals surface area contributed by atoms with Gasteiger partial charge < -0.3 is 45.1 Å². The van der Waals surface area contributed by atoms with Gasteiger partial charge >= 0.3 is 23.9 Å². The molecule has 2 aromatic rings. The number of rotatable bonds is 24. The molecule has 0 aromatic heterocycles. The molecule has 0 aliphatic rings. The molecule has 0 heterocycles. The molecule has 1 unspecified atom stereocenters. The highest BCUT2D eigenvalue weighted by atomic mass is 127. The second-order valence-corrected chi connectivity index (χ2v) is 19.2. The van der Waals surface area contributed by atoms with Crippen molar-refractivity contribution >= 4 is 69.0 Å². The minimum Gasteiger partial charge on any atom is -0.460 e. The number of hydrogen-bond donors (Lipinski definition) is 5. The number of amides is 3. The van der Waals surface area contributed by atoms with Crippen molar-refractivity contribution in [2.45, 2.75) is 149 Å². The average molecular weight is 970 g/mol. The van der Waals surface area contributed by atoms with Gasteiger partial charge in [-0.2, -0.15) is 0 Å². The topological polar surface area (TPSA) is 216 Å². The fourth-order valence-electron chi connectivity index (χ4n) is 5.96. The van der Waals surface area contributed by atoms with Gasteiger partial charge in [0.2, 0.25) is 5.91 Å². The maximum absolute atomic E-state index is 13.7. The largest absolute Gasteiger partial charge is 0.460 e. The molecule has 15 nitrogen and oxygen atoms in total. The van der Waals surface area contributed by atoms with E-state index in [0.29, 0.717) is 23.7 Å². The zero-order valence-corrected chi connectivity index (χ0v) is 39.5. The van der Waals surface area contributed by atoms with E-state index in [9.17, 15) is 39.0 Å². The Kier molecular flexibility index (Phi) is 21.6. The first kappa shape index (κ1) is 53.3. The second kappa shape index (κ2) is 24.7. The Bertz CT molecular complexity index is 1750. The van der Waals surface area contributed by atoms with Crippen LogP contribution >= 0.6 is 22.6 Å². The van der Waals surface area contributed by atoms with Gasteiger partial charge in [0.25, 0.3) is 0 Å². The molecule has 342 valence electrons. The summed E-state index contributed by atoms with van der Waals surface area (Å²) in [5.41, 5.74) is -2.52. The normalized spacial score (nSPS) is 13.7. The van der Waals surface area contributed by atoms with Gasteiger partial charge in [0.05, 0.1) is 25.9 Å². The molecule has 2 rings (SSSR count). The highest BCUT2D eigenvalue weighted by Crippen LogP contribution is 2.21. The number of halogens is 1. The molecule has 2 aromatic carbocycles. The van der Waals surface area contributed by atoms with Gasteiger partial charge in [-0.05, 0) is 104 Å². The van der Waals surface area contributed by atoms with Crippen molar-refractivity contribution in [1.82, 2.24) is 16.0 Å². The Balaban J connectivity index is 2.13. The molecule has 0 fully saturated rings. The van der Waals surface area contributed by atoms with Gasteiger partial charge in [-0.3, -0.25) is 14.4 Å². The maximum atomic E-state index is 13.7. The summed E-state index contributed by atoms with van der Waals surface area (Å²) in [6, 6.07) is 9.64. The van der Waals surface area contributed by atoms with Gasteiger partial charge in [-0.25, -0.2) is 14.4 Å². The summed E-state index contributed by atoms with van der Waals surface area (Å²) in [6.45, 7) is 14.2. The van der Waals surface area contributed by atoms with Crippen LogP contribution in [0.2, 0.25) is 0 Å². The Hall–Kier alpha value is -3.87. The molecule has 0 saturated carbocycles. The maximum Gasteiger partial charge on any atom is 0.329 e. The fourth-order valence-corrected chi connectivity index (χ4v) is 6.67. The van der Waals surface area contributed by atoms with Crippen molar-refractivity contribution in [3.63, 3.8) is 0 Å². The summed E-state index contributed by atoms with van der Waals surface area (Å²) in [5, 5.41) is 29.5. The third kappa shape index (κ3) is 21.2. The van der Waals surface area contributed by atoms with E-state index in [1.165, 1.54) is 0 Å². The molecule has 0 bridgehead atoms. The molecular formula is C45H68IN3O12. The monoisotopic (exact) mass is 969 g/mol.